The van der Waals surface area contributed by atoms with Gasteiger partial charge in [-0.05, 0) is 42.5 Å². The number of carbonyl (C=O) groups excluding carboxylic acids is 2. The van der Waals surface area contributed by atoms with Crippen molar-refractivity contribution >= 4 is 28.6 Å². The van der Waals surface area contributed by atoms with Gasteiger partial charge < -0.3 is 23.8 Å². The molecule has 0 saturated heterocycles. The second kappa shape index (κ2) is 9.55. The molecule has 10 heteroatoms. The first-order chi connectivity index (χ1) is 16.4. The van der Waals surface area contributed by atoms with Gasteiger partial charge >= 0.3 is 11.9 Å². The van der Waals surface area contributed by atoms with Crippen LogP contribution >= 0.6 is 0 Å². The molecule has 1 unspecified atom stereocenters. The highest BCUT2D eigenvalue weighted by atomic mass is 16.8. The van der Waals surface area contributed by atoms with Gasteiger partial charge in [0.1, 0.15) is 23.3 Å². The number of carbonyl (C=O) groups is 2. The molecule has 172 valence electrons. The molecule has 34 heavy (non-hydrogen) atoms. The molecule has 0 amide bonds. The summed E-state index contributed by atoms with van der Waals surface area (Å²) < 4.78 is 21.0. The summed E-state index contributed by atoms with van der Waals surface area (Å²) in [6.07, 6.45) is 1.13. The van der Waals surface area contributed by atoms with Crippen LogP contribution in [0, 0.1) is 5.21 Å². The maximum absolute atomic E-state index is 12.8. The van der Waals surface area contributed by atoms with Crippen molar-refractivity contribution in [1.29, 1.82) is 0 Å². The van der Waals surface area contributed by atoms with Gasteiger partial charge in [0, 0.05) is 18.2 Å². The fraction of sp³-hybridized carbons (Fsp3) is 0.0417. The molecule has 3 aromatic carbocycles. The number of rotatable bonds is 6. The summed E-state index contributed by atoms with van der Waals surface area (Å²) in [7, 11) is 1.27. The van der Waals surface area contributed by atoms with Gasteiger partial charge in [0.2, 0.25) is 11.2 Å². The quantitative estimate of drug-likeness (QED) is 0.251. The fourth-order valence-electron chi connectivity index (χ4n) is 3.07. The van der Waals surface area contributed by atoms with Gasteiger partial charge in [0.05, 0.1) is 23.6 Å². The lowest BCUT2D eigenvalue weighted by Crippen LogP contribution is -2.99. The SMILES string of the molecule is COC(=O)c1ccc(Oc2coc3cc(OC(=O)c4cccc([NH+]([O-])O)c4)ccc3c2=O)cc1. The second-order valence-electron chi connectivity index (χ2n) is 6.98. The number of methoxy groups -OCH3 is 1. The number of hydrogen-bond acceptors (Lipinski definition) is 9. The molecule has 0 bridgehead atoms. The Morgan fingerprint density at radius 3 is 2.38 bits per heavy atom. The Bertz CT molecular complexity index is 1420. The summed E-state index contributed by atoms with van der Waals surface area (Å²) in [5.74, 6) is -0.918. The average molecular weight is 463 g/mol. The third-order valence-corrected chi connectivity index (χ3v) is 4.77. The molecule has 0 saturated carbocycles. The van der Waals surface area contributed by atoms with E-state index >= 15 is 0 Å². The van der Waals surface area contributed by atoms with Crippen molar-refractivity contribution in [3.63, 3.8) is 0 Å². The van der Waals surface area contributed by atoms with Gasteiger partial charge in [-0.15, -0.1) is 0 Å². The van der Waals surface area contributed by atoms with Crippen LogP contribution < -0.4 is 20.1 Å². The first kappa shape index (κ1) is 22.7. The highest BCUT2D eigenvalue weighted by Crippen LogP contribution is 2.25. The molecular weight excluding hydrogens is 446 g/mol. The van der Waals surface area contributed by atoms with Crippen molar-refractivity contribution in [2.45, 2.75) is 0 Å². The van der Waals surface area contributed by atoms with Crippen LogP contribution in [0.3, 0.4) is 0 Å². The summed E-state index contributed by atoms with van der Waals surface area (Å²) in [6, 6.07) is 15.6. The zero-order valence-electron chi connectivity index (χ0n) is 17.6. The average Bonchev–Trinajstić information content (AvgIpc) is 2.85. The number of benzene rings is 3. The van der Waals surface area contributed by atoms with Gasteiger partial charge in [-0.2, -0.15) is 5.23 Å². The molecule has 0 fully saturated rings. The van der Waals surface area contributed by atoms with Gasteiger partial charge in [-0.1, -0.05) is 6.07 Å². The minimum Gasteiger partial charge on any atom is -0.595 e. The summed E-state index contributed by atoms with van der Waals surface area (Å²) >= 11 is 0. The molecule has 0 aliphatic carbocycles. The van der Waals surface area contributed by atoms with E-state index < -0.39 is 22.6 Å². The molecule has 10 nitrogen and oxygen atoms in total. The molecule has 0 spiro atoms. The maximum atomic E-state index is 12.8. The maximum Gasteiger partial charge on any atom is 0.343 e. The first-order valence-electron chi connectivity index (χ1n) is 9.83. The van der Waals surface area contributed by atoms with Crippen molar-refractivity contribution in [3.8, 4) is 17.2 Å². The molecule has 4 aromatic rings. The summed E-state index contributed by atoms with van der Waals surface area (Å²) in [6.45, 7) is 0. The number of ether oxygens (including phenoxy) is 3. The Morgan fingerprint density at radius 1 is 0.941 bits per heavy atom. The summed E-state index contributed by atoms with van der Waals surface area (Å²) in [5.41, 5.74) is 0.0419. The van der Waals surface area contributed by atoms with Crippen molar-refractivity contribution < 1.29 is 38.7 Å². The molecule has 1 heterocycles. The van der Waals surface area contributed by atoms with Crippen LogP contribution in [0.15, 0.2) is 82.2 Å². The van der Waals surface area contributed by atoms with E-state index in [-0.39, 0.29) is 33.7 Å². The third-order valence-electron chi connectivity index (χ3n) is 4.77. The van der Waals surface area contributed by atoms with E-state index in [0.717, 1.165) is 6.26 Å². The van der Waals surface area contributed by atoms with Crippen molar-refractivity contribution in [1.82, 2.24) is 0 Å². The smallest absolute Gasteiger partial charge is 0.343 e. The van der Waals surface area contributed by atoms with Gasteiger partial charge in [-0.25, -0.2) is 14.8 Å². The topological polar surface area (TPSA) is 140 Å². The highest BCUT2D eigenvalue weighted by Gasteiger charge is 2.15. The number of hydrogen-bond donors (Lipinski definition) is 2. The van der Waals surface area contributed by atoms with E-state index in [4.69, 9.17) is 19.1 Å². The monoisotopic (exact) mass is 463 g/mol. The number of fused-ring (bicyclic) bond motifs is 1. The normalized spacial score (nSPS) is 11.6. The van der Waals surface area contributed by atoms with Gasteiger partial charge in [-0.3, -0.25) is 4.79 Å². The molecule has 0 aliphatic heterocycles. The Labute approximate surface area is 191 Å². The van der Waals surface area contributed by atoms with Crippen LogP contribution in [0.5, 0.6) is 17.2 Å². The highest BCUT2D eigenvalue weighted by molar-refractivity contribution is 5.92. The van der Waals surface area contributed by atoms with Crippen molar-refractivity contribution in [3.05, 3.63) is 99.6 Å². The second-order valence-corrected chi connectivity index (χ2v) is 6.98. The third kappa shape index (κ3) is 4.79. The Kier molecular flexibility index (Phi) is 6.37. The minimum atomic E-state index is -1.17. The van der Waals surface area contributed by atoms with Crippen molar-refractivity contribution in [2.75, 3.05) is 7.11 Å². The fourth-order valence-corrected chi connectivity index (χ4v) is 3.07. The van der Waals surface area contributed by atoms with E-state index in [1.165, 1.54) is 73.8 Å². The summed E-state index contributed by atoms with van der Waals surface area (Å²) in [4.78, 5) is 36.7. The van der Waals surface area contributed by atoms with Crippen LogP contribution in [-0.4, -0.2) is 24.3 Å². The molecule has 1 aromatic heterocycles. The van der Waals surface area contributed by atoms with E-state index in [1.54, 1.807) is 0 Å². The molecule has 2 N–H and O–H groups in total. The lowest BCUT2D eigenvalue weighted by molar-refractivity contribution is -0.991. The van der Waals surface area contributed by atoms with Gasteiger partial charge in [0.25, 0.3) is 0 Å². The van der Waals surface area contributed by atoms with Crippen LogP contribution in [0.25, 0.3) is 11.0 Å². The Morgan fingerprint density at radius 2 is 1.68 bits per heavy atom. The Hall–Kier alpha value is -4.51. The molecule has 0 aliphatic rings. The van der Waals surface area contributed by atoms with Crippen LogP contribution in [0.4, 0.5) is 5.69 Å². The Balaban J connectivity index is 1.53. The molecule has 1 atom stereocenters. The largest absolute Gasteiger partial charge is 0.595 e. The van der Waals surface area contributed by atoms with E-state index in [0.29, 0.717) is 11.3 Å². The van der Waals surface area contributed by atoms with E-state index in [2.05, 4.69) is 4.74 Å². The lowest BCUT2D eigenvalue weighted by Gasteiger charge is -2.12. The van der Waals surface area contributed by atoms with Crippen LogP contribution in [0.2, 0.25) is 0 Å². The van der Waals surface area contributed by atoms with Crippen LogP contribution in [0.1, 0.15) is 20.7 Å². The minimum absolute atomic E-state index is 0.0496. The lowest BCUT2D eigenvalue weighted by atomic mass is 10.2. The number of nitrogens with one attached hydrogen (secondary N) is 1. The van der Waals surface area contributed by atoms with E-state index in [9.17, 15) is 19.6 Å². The first-order valence-corrected chi connectivity index (χ1v) is 9.83. The zero-order valence-corrected chi connectivity index (χ0v) is 17.6. The molecular formula is C24H17NO9. The number of esters is 2. The molecule has 4 rings (SSSR count). The van der Waals surface area contributed by atoms with Crippen LogP contribution in [-0.2, 0) is 4.74 Å². The summed E-state index contributed by atoms with van der Waals surface area (Å²) in [5, 5.41) is 19.2. The standard InChI is InChI=1S/C24H17NO9/c1-31-23(27)14-5-7-17(8-6-14)33-21-13-32-20-12-18(9-10-19(20)22(21)26)34-24(28)15-3-2-4-16(11-15)25(29)30/h2-13,25,29H,1H3. The van der Waals surface area contributed by atoms with Crippen molar-refractivity contribution in [2.24, 2.45) is 0 Å². The van der Waals surface area contributed by atoms with Gasteiger partial charge in [0.15, 0.2) is 5.69 Å². The zero-order chi connectivity index (χ0) is 24.2. The number of quaternary nitrogens is 1. The molecule has 0 radical (unpaired) electrons. The van der Waals surface area contributed by atoms with E-state index in [1.807, 2.05) is 0 Å². The predicted molar refractivity (Wildman–Crippen MR) is 118 cm³/mol. The predicted octanol–water partition coefficient (Wildman–Crippen LogP) is 2.99.